The fraction of sp³-hybridized carbons (Fsp3) is 0.235. The van der Waals surface area contributed by atoms with Crippen LogP contribution in [0.2, 0.25) is 0 Å². The largest absolute Gasteiger partial charge is 0.497 e. The van der Waals surface area contributed by atoms with Gasteiger partial charge in [-0.1, -0.05) is 12.1 Å². The normalized spacial score (nSPS) is 10.0. The molecular weight excluding hydrogens is 264 g/mol. The first-order valence-corrected chi connectivity index (χ1v) is 6.94. The third kappa shape index (κ3) is 3.75. The molecule has 0 heterocycles. The van der Waals surface area contributed by atoms with Gasteiger partial charge in [0.05, 0.1) is 12.7 Å². The first-order chi connectivity index (χ1) is 10.1. The highest BCUT2D eigenvalue weighted by Gasteiger charge is 2.11. The predicted octanol–water partition coefficient (Wildman–Crippen LogP) is 3.69. The Bertz CT molecular complexity index is 638. The molecule has 0 aromatic heterocycles. The van der Waals surface area contributed by atoms with Crippen LogP contribution in [0.4, 0.5) is 11.4 Å². The van der Waals surface area contributed by atoms with Gasteiger partial charge in [0.1, 0.15) is 5.75 Å². The van der Waals surface area contributed by atoms with Crippen molar-refractivity contribution < 1.29 is 9.53 Å². The summed E-state index contributed by atoms with van der Waals surface area (Å²) in [7, 11) is 1.60. The maximum absolute atomic E-state index is 12.4. The third-order valence-electron chi connectivity index (χ3n) is 3.11. The minimum Gasteiger partial charge on any atom is -0.497 e. The maximum atomic E-state index is 12.4. The van der Waals surface area contributed by atoms with Crippen LogP contribution < -0.4 is 15.4 Å². The highest BCUT2D eigenvalue weighted by Crippen LogP contribution is 2.21. The average Bonchev–Trinajstić information content (AvgIpc) is 2.48. The molecule has 0 aliphatic heterocycles. The number of aryl methyl sites for hydroxylation is 1. The zero-order valence-corrected chi connectivity index (χ0v) is 12.6. The summed E-state index contributed by atoms with van der Waals surface area (Å²) in [5.74, 6) is 0.572. The summed E-state index contributed by atoms with van der Waals surface area (Å²) in [5, 5.41) is 6.11. The fourth-order valence-electron chi connectivity index (χ4n) is 2.09. The van der Waals surface area contributed by atoms with Crippen LogP contribution in [-0.4, -0.2) is 19.6 Å². The van der Waals surface area contributed by atoms with Gasteiger partial charge in [-0.25, -0.2) is 0 Å². The van der Waals surface area contributed by atoms with Gasteiger partial charge in [0.15, 0.2) is 0 Å². The number of methoxy groups -OCH3 is 1. The van der Waals surface area contributed by atoms with Gasteiger partial charge < -0.3 is 15.4 Å². The molecular formula is C17H20N2O2. The number of hydrogen-bond donors (Lipinski definition) is 2. The molecule has 0 aliphatic carbocycles. The average molecular weight is 284 g/mol. The number of benzene rings is 2. The van der Waals surface area contributed by atoms with E-state index in [2.05, 4.69) is 10.6 Å². The summed E-state index contributed by atoms with van der Waals surface area (Å²) in [6.45, 7) is 4.78. The lowest BCUT2D eigenvalue weighted by Gasteiger charge is -2.12. The highest BCUT2D eigenvalue weighted by molar-refractivity contribution is 6.08. The Balaban J connectivity index is 2.23. The molecule has 0 bridgehead atoms. The molecule has 0 saturated heterocycles. The van der Waals surface area contributed by atoms with E-state index in [0.717, 1.165) is 17.8 Å². The Morgan fingerprint density at radius 2 is 2.00 bits per heavy atom. The summed E-state index contributed by atoms with van der Waals surface area (Å²) >= 11 is 0. The molecule has 110 valence electrons. The standard InChI is InChI=1S/C17H20N2O2/c1-4-18-16-10-12(2)8-9-15(16)17(20)19-13-6-5-7-14(11-13)21-3/h5-11,18H,4H2,1-3H3,(H,19,20). The van der Waals surface area contributed by atoms with Gasteiger partial charge in [0, 0.05) is 24.0 Å². The molecule has 0 spiro atoms. The van der Waals surface area contributed by atoms with Crippen molar-refractivity contribution in [2.24, 2.45) is 0 Å². The lowest BCUT2D eigenvalue weighted by atomic mass is 10.1. The lowest BCUT2D eigenvalue weighted by molar-refractivity contribution is 0.102. The van der Waals surface area contributed by atoms with E-state index in [-0.39, 0.29) is 5.91 Å². The van der Waals surface area contributed by atoms with Crippen LogP contribution in [-0.2, 0) is 0 Å². The number of ether oxygens (including phenoxy) is 1. The van der Waals surface area contributed by atoms with E-state index < -0.39 is 0 Å². The first kappa shape index (κ1) is 14.9. The SMILES string of the molecule is CCNc1cc(C)ccc1C(=O)Nc1cccc(OC)c1. The van der Waals surface area contributed by atoms with E-state index >= 15 is 0 Å². The Labute approximate surface area is 125 Å². The second-order valence-corrected chi connectivity index (χ2v) is 4.77. The van der Waals surface area contributed by atoms with Gasteiger partial charge in [-0.15, -0.1) is 0 Å². The van der Waals surface area contributed by atoms with Crippen LogP contribution in [0.25, 0.3) is 0 Å². The van der Waals surface area contributed by atoms with Crippen molar-refractivity contribution in [2.75, 3.05) is 24.3 Å². The van der Waals surface area contributed by atoms with Crippen LogP contribution >= 0.6 is 0 Å². The summed E-state index contributed by atoms with van der Waals surface area (Å²) in [5.41, 5.74) is 3.30. The second-order valence-electron chi connectivity index (χ2n) is 4.77. The van der Waals surface area contributed by atoms with Crippen molar-refractivity contribution in [3.63, 3.8) is 0 Å². The van der Waals surface area contributed by atoms with Gasteiger partial charge in [-0.05, 0) is 43.7 Å². The van der Waals surface area contributed by atoms with Gasteiger partial charge in [0.2, 0.25) is 0 Å². The second kappa shape index (κ2) is 6.79. The Morgan fingerprint density at radius 1 is 1.19 bits per heavy atom. The van der Waals surface area contributed by atoms with E-state index in [9.17, 15) is 4.79 Å². The van der Waals surface area contributed by atoms with Crippen molar-refractivity contribution >= 4 is 17.3 Å². The monoisotopic (exact) mass is 284 g/mol. The van der Waals surface area contributed by atoms with Crippen molar-refractivity contribution in [1.82, 2.24) is 0 Å². The van der Waals surface area contributed by atoms with Crippen molar-refractivity contribution in [2.45, 2.75) is 13.8 Å². The van der Waals surface area contributed by atoms with Crippen LogP contribution in [0.15, 0.2) is 42.5 Å². The van der Waals surface area contributed by atoms with Crippen LogP contribution in [0.1, 0.15) is 22.8 Å². The molecule has 2 N–H and O–H groups in total. The molecule has 21 heavy (non-hydrogen) atoms. The number of hydrogen-bond acceptors (Lipinski definition) is 3. The number of rotatable bonds is 5. The summed E-state index contributed by atoms with van der Waals surface area (Å²) in [6, 6.07) is 13.1. The van der Waals surface area contributed by atoms with Gasteiger partial charge in [-0.2, -0.15) is 0 Å². The van der Waals surface area contributed by atoms with Crippen molar-refractivity contribution in [3.05, 3.63) is 53.6 Å². The van der Waals surface area contributed by atoms with E-state index in [4.69, 9.17) is 4.74 Å². The third-order valence-corrected chi connectivity index (χ3v) is 3.11. The Kier molecular flexibility index (Phi) is 4.82. The summed E-state index contributed by atoms with van der Waals surface area (Å²) < 4.78 is 5.16. The molecule has 4 heteroatoms. The number of carbonyl (C=O) groups excluding carboxylic acids is 1. The van der Waals surface area contributed by atoms with E-state index in [1.807, 2.05) is 50.2 Å². The minimum absolute atomic E-state index is 0.140. The Morgan fingerprint density at radius 3 is 2.71 bits per heavy atom. The van der Waals surface area contributed by atoms with Gasteiger partial charge in [0.25, 0.3) is 5.91 Å². The van der Waals surface area contributed by atoms with E-state index in [1.165, 1.54) is 0 Å². The number of anilines is 2. The molecule has 0 saturated carbocycles. The topological polar surface area (TPSA) is 50.4 Å². The smallest absolute Gasteiger partial charge is 0.257 e. The van der Waals surface area contributed by atoms with Gasteiger partial charge in [-0.3, -0.25) is 4.79 Å². The van der Waals surface area contributed by atoms with E-state index in [0.29, 0.717) is 17.0 Å². The van der Waals surface area contributed by atoms with Gasteiger partial charge >= 0.3 is 0 Å². The molecule has 2 rings (SSSR count). The highest BCUT2D eigenvalue weighted by atomic mass is 16.5. The zero-order chi connectivity index (χ0) is 15.2. The maximum Gasteiger partial charge on any atom is 0.257 e. The summed E-state index contributed by atoms with van der Waals surface area (Å²) in [4.78, 5) is 12.4. The number of carbonyl (C=O) groups is 1. The fourth-order valence-corrected chi connectivity index (χ4v) is 2.09. The van der Waals surface area contributed by atoms with Crippen LogP contribution in [0.3, 0.4) is 0 Å². The molecule has 2 aromatic carbocycles. The lowest BCUT2D eigenvalue weighted by Crippen LogP contribution is -2.15. The molecule has 0 fully saturated rings. The van der Waals surface area contributed by atoms with Crippen LogP contribution in [0.5, 0.6) is 5.75 Å². The predicted molar refractivity (Wildman–Crippen MR) is 86.3 cm³/mol. The molecule has 2 aromatic rings. The Hall–Kier alpha value is -2.49. The molecule has 1 amide bonds. The van der Waals surface area contributed by atoms with E-state index in [1.54, 1.807) is 13.2 Å². The molecule has 4 nitrogen and oxygen atoms in total. The minimum atomic E-state index is -0.140. The molecule has 0 unspecified atom stereocenters. The quantitative estimate of drug-likeness (QED) is 0.880. The van der Waals surface area contributed by atoms with Crippen molar-refractivity contribution in [3.8, 4) is 5.75 Å². The molecule has 0 atom stereocenters. The molecule has 0 aliphatic rings. The van der Waals surface area contributed by atoms with Crippen LogP contribution in [0, 0.1) is 6.92 Å². The number of nitrogens with one attached hydrogen (secondary N) is 2. The number of amides is 1. The summed E-state index contributed by atoms with van der Waals surface area (Å²) in [6.07, 6.45) is 0. The first-order valence-electron chi connectivity index (χ1n) is 6.94. The zero-order valence-electron chi connectivity index (χ0n) is 12.6. The van der Waals surface area contributed by atoms with Crippen molar-refractivity contribution in [1.29, 1.82) is 0 Å². The molecule has 0 radical (unpaired) electrons.